The molecule has 0 aliphatic heterocycles. The number of hydrogen-bond acceptors (Lipinski definition) is 2. The third-order valence-corrected chi connectivity index (χ3v) is 3.96. The van der Waals surface area contributed by atoms with Gasteiger partial charge in [-0.3, -0.25) is 4.79 Å². The van der Waals surface area contributed by atoms with E-state index < -0.39 is 5.41 Å². The highest BCUT2D eigenvalue weighted by Gasteiger charge is 2.29. The van der Waals surface area contributed by atoms with Gasteiger partial charge < -0.3 is 10.2 Å². The molecular weight excluding hydrogens is 272 g/mol. The van der Waals surface area contributed by atoms with Gasteiger partial charge >= 0.3 is 0 Å². The van der Waals surface area contributed by atoms with Crippen LogP contribution in [0.1, 0.15) is 33.3 Å². The van der Waals surface area contributed by atoms with Crippen molar-refractivity contribution >= 4 is 17.5 Å². The van der Waals surface area contributed by atoms with Crippen LogP contribution in [0.2, 0.25) is 5.02 Å². The van der Waals surface area contributed by atoms with Crippen molar-refractivity contribution in [1.29, 1.82) is 0 Å². The third-order valence-electron chi connectivity index (χ3n) is 3.72. The molecule has 0 unspecified atom stereocenters. The predicted molar refractivity (Wildman–Crippen MR) is 85.3 cm³/mol. The van der Waals surface area contributed by atoms with E-state index in [1.807, 2.05) is 38.1 Å². The van der Waals surface area contributed by atoms with Gasteiger partial charge in [0, 0.05) is 18.1 Å². The summed E-state index contributed by atoms with van der Waals surface area (Å²) in [6.07, 6.45) is 0. The van der Waals surface area contributed by atoms with Gasteiger partial charge in [-0.15, -0.1) is 0 Å². The monoisotopic (exact) mass is 296 g/mol. The fraction of sp³-hybridized carbons (Fsp3) is 0.562. The van der Waals surface area contributed by atoms with Crippen LogP contribution in [0.4, 0.5) is 0 Å². The van der Waals surface area contributed by atoms with Crippen LogP contribution in [-0.4, -0.2) is 37.0 Å². The van der Waals surface area contributed by atoms with Crippen molar-refractivity contribution in [2.75, 3.05) is 26.2 Å². The van der Waals surface area contributed by atoms with Gasteiger partial charge in [0.05, 0.1) is 5.41 Å². The summed E-state index contributed by atoms with van der Waals surface area (Å²) in [6, 6.07) is 7.49. The van der Waals surface area contributed by atoms with Crippen LogP contribution in [0.5, 0.6) is 0 Å². The van der Waals surface area contributed by atoms with E-state index in [1.165, 1.54) is 0 Å². The Balaban J connectivity index is 2.61. The number of carbonyl (C=O) groups is 1. The zero-order valence-electron chi connectivity index (χ0n) is 12.9. The fourth-order valence-corrected chi connectivity index (χ4v) is 2.29. The molecule has 0 aliphatic carbocycles. The van der Waals surface area contributed by atoms with Gasteiger partial charge in [-0.25, -0.2) is 0 Å². The summed E-state index contributed by atoms with van der Waals surface area (Å²) in [5.74, 6) is 0.0342. The van der Waals surface area contributed by atoms with Gasteiger partial charge in [-0.2, -0.15) is 0 Å². The Hall–Kier alpha value is -1.06. The molecule has 4 heteroatoms. The molecule has 0 saturated carbocycles. The molecule has 1 amide bonds. The van der Waals surface area contributed by atoms with E-state index in [2.05, 4.69) is 24.1 Å². The first-order chi connectivity index (χ1) is 9.41. The molecule has 0 fully saturated rings. The molecule has 0 spiro atoms. The van der Waals surface area contributed by atoms with Gasteiger partial charge in [-0.05, 0) is 44.6 Å². The second kappa shape index (κ2) is 7.65. The lowest BCUT2D eigenvalue weighted by Gasteiger charge is -2.25. The predicted octanol–water partition coefficient (Wildman–Crippen LogP) is 3.08. The molecule has 0 saturated heterocycles. The summed E-state index contributed by atoms with van der Waals surface area (Å²) >= 11 is 6.00. The van der Waals surface area contributed by atoms with Gasteiger partial charge in [0.25, 0.3) is 0 Å². The third kappa shape index (κ3) is 4.50. The summed E-state index contributed by atoms with van der Waals surface area (Å²) in [7, 11) is 0. The lowest BCUT2D eigenvalue weighted by molar-refractivity contribution is -0.125. The van der Waals surface area contributed by atoms with E-state index in [1.54, 1.807) is 0 Å². The quantitative estimate of drug-likeness (QED) is 0.839. The molecule has 1 aromatic rings. The minimum atomic E-state index is -0.575. The van der Waals surface area contributed by atoms with E-state index in [4.69, 9.17) is 11.6 Å². The van der Waals surface area contributed by atoms with Crippen LogP contribution < -0.4 is 5.32 Å². The summed E-state index contributed by atoms with van der Waals surface area (Å²) < 4.78 is 0. The number of nitrogens with one attached hydrogen (secondary N) is 1. The average Bonchev–Trinajstić information content (AvgIpc) is 2.43. The molecule has 0 radical (unpaired) electrons. The first kappa shape index (κ1) is 17.0. The number of amides is 1. The summed E-state index contributed by atoms with van der Waals surface area (Å²) in [5.41, 5.74) is 0.360. The zero-order chi connectivity index (χ0) is 15.2. The zero-order valence-corrected chi connectivity index (χ0v) is 13.6. The molecule has 0 aliphatic rings. The number of benzene rings is 1. The highest BCUT2D eigenvalue weighted by molar-refractivity contribution is 6.30. The minimum absolute atomic E-state index is 0.0342. The lowest BCUT2D eigenvalue weighted by atomic mass is 9.84. The summed E-state index contributed by atoms with van der Waals surface area (Å²) in [4.78, 5) is 14.6. The molecule has 0 heterocycles. The Morgan fingerprint density at radius 3 is 2.50 bits per heavy atom. The van der Waals surface area contributed by atoms with Crippen molar-refractivity contribution in [3.05, 3.63) is 34.9 Å². The SMILES string of the molecule is CCN(CC)CCNC(=O)C(C)(C)c1cccc(Cl)c1. The molecule has 0 bridgehead atoms. The highest BCUT2D eigenvalue weighted by atomic mass is 35.5. The number of carbonyl (C=O) groups excluding carboxylic acids is 1. The van der Waals surface area contributed by atoms with Crippen molar-refractivity contribution < 1.29 is 4.79 Å². The number of nitrogens with zero attached hydrogens (tertiary/aromatic N) is 1. The van der Waals surface area contributed by atoms with Crippen LogP contribution in [-0.2, 0) is 10.2 Å². The highest BCUT2D eigenvalue weighted by Crippen LogP contribution is 2.25. The van der Waals surface area contributed by atoms with Crippen LogP contribution in [0.25, 0.3) is 0 Å². The molecule has 20 heavy (non-hydrogen) atoms. The number of hydrogen-bond donors (Lipinski definition) is 1. The molecule has 1 rings (SSSR count). The summed E-state index contributed by atoms with van der Waals surface area (Å²) in [5, 5.41) is 3.68. The Morgan fingerprint density at radius 2 is 1.95 bits per heavy atom. The molecule has 3 nitrogen and oxygen atoms in total. The minimum Gasteiger partial charge on any atom is -0.354 e. The number of halogens is 1. The molecule has 0 aromatic heterocycles. The first-order valence-electron chi connectivity index (χ1n) is 7.18. The van der Waals surface area contributed by atoms with E-state index in [0.29, 0.717) is 11.6 Å². The van der Waals surface area contributed by atoms with E-state index in [9.17, 15) is 4.79 Å². The second-order valence-corrected chi connectivity index (χ2v) is 5.85. The van der Waals surface area contributed by atoms with E-state index >= 15 is 0 Å². The van der Waals surface area contributed by atoms with Gasteiger partial charge in [0.2, 0.25) is 5.91 Å². The van der Waals surface area contributed by atoms with E-state index in [-0.39, 0.29) is 5.91 Å². The topological polar surface area (TPSA) is 32.3 Å². The van der Waals surface area contributed by atoms with Crippen LogP contribution in [0, 0.1) is 0 Å². The molecular formula is C16H25ClN2O. The molecule has 112 valence electrons. The normalized spacial score (nSPS) is 11.7. The van der Waals surface area contributed by atoms with Gasteiger partial charge in [0.15, 0.2) is 0 Å². The maximum atomic E-state index is 12.4. The van der Waals surface area contributed by atoms with Crippen molar-refractivity contribution in [2.24, 2.45) is 0 Å². The Labute approximate surface area is 127 Å². The number of rotatable bonds is 7. The van der Waals surface area contributed by atoms with Gasteiger partial charge in [-0.1, -0.05) is 37.6 Å². The van der Waals surface area contributed by atoms with Crippen molar-refractivity contribution in [1.82, 2.24) is 10.2 Å². The lowest BCUT2D eigenvalue weighted by Crippen LogP contribution is -2.43. The maximum absolute atomic E-state index is 12.4. The second-order valence-electron chi connectivity index (χ2n) is 5.42. The van der Waals surface area contributed by atoms with Gasteiger partial charge in [0.1, 0.15) is 0 Å². The molecule has 0 atom stereocenters. The van der Waals surface area contributed by atoms with Crippen molar-refractivity contribution in [3.8, 4) is 0 Å². The Bertz CT molecular complexity index is 442. The molecule has 1 aromatic carbocycles. The van der Waals surface area contributed by atoms with Crippen LogP contribution >= 0.6 is 11.6 Å². The van der Waals surface area contributed by atoms with Crippen LogP contribution in [0.3, 0.4) is 0 Å². The summed E-state index contributed by atoms with van der Waals surface area (Å²) in [6.45, 7) is 11.7. The Morgan fingerprint density at radius 1 is 1.30 bits per heavy atom. The van der Waals surface area contributed by atoms with Crippen LogP contribution in [0.15, 0.2) is 24.3 Å². The number of likely N-dealkylation sites (N-methyl/N-ethyl adjacent to an activating group) is 1. The standard InChI is InChI=1S/C16H25ClN2O/c1-5-19(6-2)11-10-18-15(20)16(3,4)13-8-7-9-14(17)12-13/h7-9,12H,5-6,10-11H2,1-4H3,(H,18,20). The molecule has 1 N–H and O–H groups in total. The Kier molecular flexibility index (Phi) is 6.50. The first-order valence-corrected chi connectivity index (χ1v) is 7.56. The fourth-order valence-electron chi connectivity index (χ4n) is 2.10. The average molecular weight is 297 g/mol. The largest absolute Gasteiger partial charge is 0.354 e. The van der Waals surface area contributed by atoms with Crippen molar-refractivity contribution in [2.45, 2.75) is 33.1 Å². The van der Waals surface area contributed by atoms with Crippen molar-refractivity contribution in [3.63, 3.8) is 0 Å². The smallest absolute Gasteiger partial charge is 0.230 e. The van der Waals surface area contributed by atoms with E-state index in [0.717, 1.165) is 25.2 Å². The maximum Gasteiger partial charge on any atom is 0.230 e.